The Bertz CT molecular complexity index is 1340. The zero-order valence-electron chi connectivity index (χ0n) is 21.5. The number of piperidine rings is 1. The van der Waals surface area contributed by atoms with Gasteiger partial charge in [0, 0.05) is 30.5 Å². The molecule has 1 aromatic heterocycles. The zero-order chi connectivity index (χ0) is 25.3. The van der Waals surface area contributed by atoms with Crippen LogP contribution in [0.1, 0.15) is 37.8 Å². The van der Waals surface area contributed by atoms with Crippen molar-refractivity contribution in [2.75, 3.05) is 26.2 Å². The highest BCUT2D eigenvalue weighted by Crippen LogP contribution is 2.36. The summed E-state index contributed by atoms with van der Waals surface area (Å²) in [5.41, 5.74) is 5.86. The van der Waals surface area contributed by atoms with Crippen molar-refractivity contribution in [1.29, 1.82) is 0 Å². The fraction of sp³-hybridized carbons (Fsp3) is 0.355. The van der Waals surface area contributed by atoms with Crippen LogP contribution in [-0.4, -0.2) is 45.9 Å². The molecule has 188 valence electrons. The second-order valence-corrected chi connectivity index (χ2v) is 10.8. The highest BCUT2D eigenvalue weighted by atomic mass is 16.5. The predicted octanol–water partition coefficient (Wildman–Crippen LogP) is 6.58. The Hall–Kier alpha value is -3.44. The fourth-order valence-corrected chi connectivity index (χ4v) is 5.57. The van der Waals surface area contributed by atoms with Gasteiger partial charge in [-0.2, -0.15) is 0 Å². The van der Waals surface area contributed by atoms with E-state index in [2.05, 4.69) is 54.5 Å². The number of aromatic nitrogens is 1. The molecule has 36 heavy (non-hydrogen) atoms. The van der Waals surface area contributed by atoms with Crippen LogP contribution in [-0.2, 0) is 6.54 Å². The molecule has 5 nitrogen and oxygen atoms in total. The third kappa shape index (κ3) is 5.21. The number of hydrogen-bond donors (Lipinski definition) is 2. The first-order valence-electron chi connectivity index (χ1n) is 12.8. The third-order valence-corrected chi connectivity index (χ3v) is 7.36. The van der Waals surface area contributed by atoms with Crippen LogP contribution in [0.25, 0.3) is 22.2 Å². The second-order valence-electron chi connectivity index (χ2n) is 10.8. The maximum Gasteiger partial charge on any atom is 0.119 e. The Balaban J connectivity index is 1.33. The van der Waals surface area contributed by atoms with E-state index in [9.17, 15) is 10.2 Å². The van der Waals surface area contributed by atoms with Crippen molar-refractivity contribution in [3.05, 3.63) is 77.9 Å². The van der Waals surface area contributed by atoms with Crippen molar-refractivity contribution in [3.8, 4) is 28.5 Å². The average molecular weight is 485 g/mol. The van der Waals surface area contributed by atoms with Gasteiger partial charge in [0.2, 0.25) is 0 Å². The topological polar surface area (TPSA) is 57.9 Å². The normalized spacial score (nSPS) is 15.9. The highest BCUT2D eigenvalue weighted by Gasteiger charge is 2.26. The Morgan fingerprint density at radius 2 is 1.64 bits per heavy atom. The molecular weight excluding hydrogens is 448 g/mol. The van der Waals surface area contributed by atoms with Gasteiger partial charge in [-0.15, -0.1) is 0 Å². The molecule has 0 spiro atoms. The van der Waals surface area contributed by atoms with E-state index in [0.717, 1.165) is 53.1 Å². The first kappa shape index (κ1) is 24.3. The van der Waals surface area contributed by atoms with Crippen molar-refractivity contribution in [1.82, 2.24) is 9.47 Å². The van der Waals surface area contributed by atoms with Crippen LogP contribution >= 0.6 is 0 Å². The summed E-state index contributed by atoms with van der Waals surface area (Å²) >= 11 is 0. The number of hydrogen-bond acceptors (Lipinski definition) is 4. The van der Waals surface area contributed by atoms with Gasteiger partial charge in [0.25, 0.3) is 0 Å². The van der Waals surface area contributed by atoms with Gasteiger partial charge in [0.1, 0.15) is 23.9 Å². The summed E-state index contributed by atoms with van der Waals surface area (Å²) in [5, 5.41) is 20.9. The van der Waals surface area contributed by atoms with Gasteiger partial charge >= 0.3 is 0 Å². The molecule has 0 radical (unpaired) electrons. The van der Waals surface area contributed by atoms with Gasteiger partial charge in [-0.05, 0) is 103 Å². The SMILES string of the molecule is Cc1c(-c2ccc(O)cc2)n(Cc2ccc(OCCN3CCCC(C)(C)C3)cc2)c2ccc(O)cc12. The number of rotatable bonds is 7. The van der Waals surface area contributed by atoms with Gasteiger partial charge in [-0.25, -0.2) is 0 Å². The van der Waals surface area contributed by atoms with E-state index < -0.39 is 0 Å². The maximum atomic E-state index is 10.1. The number of aromatic hydroxyl groups is 2. The summed E-state index contributed by atoms with van der Waals surface area (Å²) < 4.78 is 8.36. The Morgan fingerprint density at radius 3 is 2.36 bits per heavy atom. The largest absolute Gasteiger partial charge is 0.508 e. The third-order valence-electron chi connectivity index (χ3n) is 7.36. The molecular formula is C31H36N2O3. The molecule has 2 N–H and O–H groups in total. The van der Waals surface area contributed by atoms with Gasteiger partial charge in [0.05, 0.1) is 5.69 Å². The van der Waals surface area contributed by atoms with E-state index in [1.807, 2.05) is 24.3 Å². The number of phenols is 2. The van der Waals surface area contributed by atoms with E-state index >= 15 is 0 Å². The van der Waals surface area contributed by atoms with Crippen LogP contribution < -0.4 is 4.74 Å². The number of likely N-dealkylation sites (tertiary alicyclic amines) is 1. The van der Waals surface area contributed by atoms with E-state index in [1.54, 1.807) is 18.2 Å². The van der Waals surface area contributed by atoms with Crippen LogP contribution in [0.3, 0.4) is 0 Å². The number of ether oxygens (including phenoxy) is 1. The van der Waals surface area contributed by atoms with Crippen molar-refractivity contribution in [3.63, 3.8) is 0 Å². The molecule has 1 aliphatic rings. The van der Waals surface area contributed by atoms with E-state index in [1.165, 1.54) is 18.4 Å². The molecule has 1 aliphatic heterocycles. The minimum atomic E-state index is 0.247. The molecule has 5 heteroatoms. The summed E-state index contributed by atoms with van der Waals surface area (Å²) in [7, 11) is 0. The maximum absolute atomic E-state index is 10.1. The molecule has 1 fully saturated rings. The van der Waals surface area contributed by atoms with Crippen molar-refractivity contribution in [2.45, 2.75) is 40.2 Å². The molecule has 0 aliphatic carbocycles. The van der Waals surface area contributed by atoms with Gasteiger partial charge in [-0.3, -0.25) is 4.90 Å². The van der Waals surface area contributed by atoms with Crippen molar-refractivity contribution in [2.24, 2.45) is 5.41 Å². The summed E-state index contributed by atoms with van der Waals surface area (Å²) in [6.45, 7) is 11.4. The minimum Gasteiger partial charge on any atom is -0.508 e. The van der Waals surface area contributed by atoms with Crippen LogP contribution in [0.15, 0.2) is 66.7 Å². The quantitative estimate of drug-likeness (QED) is 0.311. The second kappa shape index (κ2) is 9.90. The lowest BCUT2D eigenvalue weighted by Gasteiger charge is -2.37. The van der Waals surface area contributed by atoms with Gasteiger partial charge < -0.3 is 19.5 Å². The lowest BCUT2D eigenvalue weighted by molar-refractivity contribution is 0.102. The zero-order valence-corrected chi connectivity index (χ0v) is 21.5. The molecule has 3 aromatic carbocycles. The standard InChI is InChI=1S/C31H36N2O3/c1-22-28-19-26(35)11-14-29(28)33(30(22)24-7-9-25(34)10-8-24)20-23-5-12-27(13-6-23)36-18-17-32-16-4-15-31(2,3)21-32/h5-14,19,34-35H,4,15-18,20-21H2,1-3H3. The molecule has 0 atom stereocenters. The van der Waals surface area contributed by atoms with Gasteiger partial charge in [-0.1, -0.05) is 26.0 Å². The summed E-state index contributed by atoms with van der Waals surface area (Å²) in [4.78, 5) is 2.51. The first-order valence-corrected chi connectivity index (χ1v) is 12.8. The van der Waals surface area contributed by atoms with Crippen molar-refractivity contribution >= 4 is 10.9 Å². The summed E-state index contributed by atoms with van der Waals surface area (Å²) in [6, 6.07) is 21.2. The number of nitrogens with zero attached hydrogens (tertiary/aromatic N) is 2. The molecule has 5 rings (SSSR count). The molecule has 0 bridgehead atoms. The van der Waals surface area contributed by atoms with Crippen LogP contribution in [0.2, 0.25) is 0 Å². The highest BCUT2D eigenvalue weighted by molar-refractivity contribution is 5.92. The lowest BCUT2D eigenvalue weighted by atomic mass is 9.84. The van der Waals surface area contributed by atoms with Gasteiger partial charge in [0.15, 0.2) is 0 Å². The molecule has 0 amide bonds. The van der Waals surface area contributed by atoms with E-state index in [4.69, 9.17) is 4.74 Å². The van der Waals surface area contributed by atoms with Crippen LogP contribution in [0.4, 0.5) is 0 Å². The Labute approximate surface area is 213 Å². The molecule has 0 unspecified atom stereocenters. The number of phenolic OH excluding ortho intramolecular Hbond substituents is 2. The predicted molar refractivity (Wildman–Crippen MR) is 146 cm³/mol. The van der Waals surface area contributed by atoms with E-state index in [-0.39, 0.29) is 11.5 Å². The van der Waals surface area contributed by atoms with Crippen molar-refractivity contribution < 1.29 is 14.9 Å². The van der Waals surface area contributed by atoms with E-state index in [0.29, 0.717) is 18.6 Å². The molecule has 2 heterocycles. The first-order chi connectivity index (χ1) is 17.3. The Kier molecular flexibility index (Phi) is 6.67. The summed E-state index contributed by atoms with van der Waals surface area (Å²) in [5.74, 6) is 1.40. The monoisotopic (exact) mass is 484 g/mol. The average Bonchev–Trinajstić information content (AvgIpc) is 3.11. The molecule has 1 saturated heterocycles. The Morgan fingerprint density at radius 1 is 0.917 bits per heavy atom. The number of fused-ring (bicyclic) bond motifs is 1. The van der Waals surface area contributed by atoms with Crippen LogP contribution in [0, 0.1) is 12.3 Å². The lowest BCUT2D eigenvalue weighted by Crippen LogP contribution is -2.41. The number of aryl methyl sites for hydroxylation is 1. The summed E-state index contributed by atoms with van der Waals surface area (Å²) in [6.07, 6.45) is 2.57. The minimum absolute atomic E-state index is 0.247. The molecule has 0 saturated carbocycles. The smallest absolute Gasteiger partial charge is 0.119 e. The molecule has 4 aromatic rings. The fourth-order valence-electron chi connectivity index (χ4n) is 5.57. The van der Waals surface area contributed by atoms with Crippen LogP contribution in [0.5, 0.6) is 17.2 Å². The number of benzene rings is 3.